The molecule has 3 saturated heterocycles. The van der Waals surface area contributed by atoms with Gasteiger partial charge >= 0.3 is 6.09 Å². The number of hydrogen-bond donors (Lipinski definition) is 0. The molecule has 0 radical (unpaired) electrons. The molecule has 0 aromatic rings. The summed E-state index contributed by atoms with van der Waals surface area (Å²) in [7, 11) is 1.68. The van der Waals surface area contributed by atoms with Gasteiger partial charge in [-0.05, 0) is 34.6 Å². The lowest BCUT2D eigenvalue weighted by atomic mass is 10.1. The lowest BCUT2D eigenvalue weighted by Gasteiger charge is -2.29. The molecule has 0 N–H and O–H groups in total. The fourth-order valence-electron chi connectivity index (χ4n) is 3.15. The van der Waals surface area contributed by atoms with E-state index in [1.165, 1.54) is 4.90 Å². The van der Waals surface area contributed by atoms with E-state index in [-0.39, 0.29) is 6.10 Å². The zero-order valence-electron chi connectivity index (χ0n) is 15.1. The van der Waals surface area contributed by atoms with Gasteiger partial charge in [-0.15, -0.1) is 0 Å². The smallest absolute Gasteiger partial charge is 0.409 e. The Kier molecular flexibility index (Phi) is 4.55. The average molecular weight is 345 g/mol. The molecule has 8 heteroatoms. The van der Waals surface area contributed by atoms with Crippen molar-refractivity contribution in [2.45, 2.75) is 76.9 Å². The summed E-state index contributed by atoms with van der Waals surface area (Å²) < 4.78 is 34.8. The Hall–Kier alpha value is -0.930. The molecule has 3 heterocycles. The van der Waals surface area contributed by atoms with Crippen LogP contribution in [-0.2, 0) is 28.4 Å². The lowest BCUT2D eigenvalue weighted by Crippen LogP contribution is -2.46. The van der Waals surface area contributed by atoms with E-state index in [2.05, 4.69) is 0 Å². The highest BCUT2D eigenvalue weighted by Gasteiger charge is 2.60. The Morgan fingerprint density at radius 2 is 1.83 bits per heavy atom. The third-order valence-electron chi connectivity index (χ3n) is 4.45. The van der Waals surface area contributed by atoms with E-state index in [4.69, 9.17) is 28.4 Å². The van der Waals surface area contributed by atoms with Crippen molar-refractivity contribution in [3.63, 3.8) is 0 Å². The van der Waals surface area contributed by atoms with E-state index in [0.29, 0.717) is 13.2 Å². The third-order valence-corrected chi connectivity index (χ3v) is 4.45. The minimum Gasteiger partial charge on any atom is -0.440 e. The highest BCUT2D eigenvalue weighted by Crippen LogP contribution is 2.42. The molecule has 0 aromatic heterocycles. The highest BCUT2D eigenvalue weighted by atomic mass is 16.9. The fraction of sp³-hybridized carbons (Fsp3) is 0.938. The molecule has 3 aliphatic rings. The maximum Gasteiger partial charge on any atom is 0.409 e. The molecule has 5 atom stereocenters. The number of fused-ring (bicyclic) bond motifs is 1. The van der Waals surface area contributed by atoms with Crippen LogP contribution in [-0.4, -0.2) is 73.5 Å². The van der Waals surface area contributed by atoms with Crippen LogP contribution in [0, 0.1) is 0 Å². The van der Waals surface area contributed by atoms with E-state index in [1.54, 1.807) is 20.9 Å². The lowest BCUT2D eigenvalue weighted by molar-refractivity contribution is -0.232. The molecular formula is C16H27NO7. The summed E-state index contributed by atoms with van der Waals surface area (Å²) in [6.45, 7) is 10.1. The second-order valence-electron chi connectivity index (χ2n) is 7.30. The van der Waals surface area contributed by atoms with Crippen LogP contribution in [0.1, 0.15) is 34.6 Å². The second-order valence-corrected chi connectivity index (χ2v) is 7.30. The largest absolute Gasteiger partial charge is 0.440 e. The number of hydrogen-bond acceptors (Lipinski definition) is 7. The second kappa shape index (κ2) is 6.10. The van der Waals surface area contributed by atoms with Crippen LogP contribution in [0.2, 0.25) is 0 Å². The molecule has 0 unspecified atom stereocenters. The van der Waals surface area contributed by atoms with Gasteiger partial charge in [0, 0.05) is 13.6 Å². The van der Waals surface area contributed by atoms with Crippen LogP contribution >= 0.6 is 0 Å². The van der Waals surface area contributed by atoms with Crippen molar-refractivity contribution in [2.75, 3.05) is 20.2 Å². The SMILES string of the molecule is CCN(C)C(=O)O[C@@H]1[C@H]2OC(C)(C)O[C@H]2O[C@@H]1[C@H]1COC(C)(C)O1. The summed E-state index contributed by atoms with van der Waals surface area (Å²) in [4.78, 5) is 13.7. The zero-order chi connectivity index (χ0) is 17.7. The molecule has 1 amide bonds. The minimum atomic E-state index is -0.784. The fourth-order valence-corrected chi connectivity index (χ4v) is 3.15. The Bertz CT molecular complexity index is 495. The van der Waals surface area contributed by atoms with Gasteiger partial charge in [0.2, 0.25) is 0 Å². The molecular weight excluding hydrogens is 318 g/mol. The molecule has 0 aliphatic carbocycles. The monoisotopic (exact) mass is 345 g/mol. The van der Waals surface area contributed by atoms with Gasteiger partial charge in [0.1, 0.15) is 12.2 Å². The Balaban J connectivity index is 1.76. The number of carbonyl (C=O) groups excluding carboxylic acids is 1. The normalized spacial score (nSPS) is 39.7. The minimum absolute atomic E-state index is 0.356. The maximum absolute atomic E-state index is 12.2. The molecule has 0 spiro atoms. The first kappa shape index (κ1) is 17.9. The van der Waals surface area contributed by atoms with Gasteiger partial charge in [0.15, 0.2) is 30.1 Å². The molecule has 0 saturated carbocycles. The van der Waals surface area contributed by atoms with Gasteiger partial charge in [-0.1, -0.05) is 0 Å². The van der Waals surface area contributed by atoms with Gasteiger partial charge in [-0.3, -0.25) is 0 Å². The van der Waals surface area contributed by atoms with Gasteiger partial charge in [0.25, 0.3) is 0 Å². The molecule has 8 nitrogen and oxygen atoms in total. The number of amides is 1. The van der Waals surface area contributed by atoms with Crippen LogP contribution in [0.3, 0.4) is 0 Å². The predicted octanol–water partition coefficient (Wildman–Crippen LogP) is 1.47. The molecule has 3 aliphatic heterocycles. The van der Waals surface area contributed by atoms with E-state index < -0.39 is 42.3 Å². The first-order valence-corrected chi connectivity index (χ1v) is 8.36. The van der Waals surface area contributed by atoms with Crippen LogP contribution in [0.5, 0.6) is 0 Å². The van der Waals surface area contributed by atoms with E-state index in [0.717, 1.165) is 0 Å². The van der Waals surface area contributed by atoms with Crippen LogP contribution in [0.4, 0.5) is 4.79 Å². The van der Waals surface area contributed by atoms with Crippen molar-refractivity contribution in [3.05, 3.63) is 0 Å². The first-order chi connectivity index (χ1) is 11.1. The topological polar surface area (TPSA) is 75.7 Å². The third kappa shape index (κ3) is 3.39. The van der Waals surface area contributed by atoms with Crippen molar-refractivity contribution < 1.29 is 33.2 Å². The summed E-state index contributed by atoms with van der Waals surface area (Å²) >= 11 is 0. The first-order valence-electron chi connectivity index (χ1n) is 8.36. The number of carbonyl (C=O) groups is 1. The molecule has 24 heavy (non-hydrogen) atoms. The Morgan fingerprint density at radius 3 is 2.42 bits per heavy atom. The molecule has 0 aromatic carbocycles. The van der Waals surface area contributed by atoms with Crippen LogP contribution in [0.15, 0.2) is 0 Å². The number of ether oxygens (including phenoxy) is 6. The Labute approximate surface area is 142 Å². The van der Waals surface area contributed by atoms with E-state index in [1.807, 2.05) is 20.8 Å². The van der Waals surface area contributed by atoms with Crippen molar-refractivity contribution in [2.24, 2.45) is 0 Å². The van der Waals surface area contributed by atoms with Gasteiger partial charge < -0.3 is 33.3 Å². The summed E-state index contributed by atoms with van der Waals surface area (Å²) in [5.41, 5.74) is 0. The van der Waals surface area contributed by atoms with Gasteiger partial charge in [-0.25, -0.2) is 4.79 Å². The van der Waals surface area contributed by atoms with E-state index in [9.17, 15) is 4.79 Å². The van der Waals surface area contributed by atoms with Crippen molar-refractivity contribution in [1.29, 1.82) is 0 Å². The summed E-state index contributed by atoms with van der Waals surface area (Å²) in [6.07, 6.45) is -3.00. The van der Waals surface area contributed by atoms with Gasteiger partial charge in [-0.2, -0.15) is 0 Å². The van der Waals surface area contributed by atoms with E-state index >= 15 is 0 Å². The zero-order valence-corrected chi connectivity index (χ0v) is 15.1. The standard InChI is InChI=1S/C16H27NO7/c1-7-17(6)14(18)21-11-10(9-8-19-15(2,3)22-9)20-13-12(11)23-16(4,5)24-13/h9-13H,7-8H2,1-6H3/t9-,10-,11+,12-,13-/m1/s1. The predicted molar refractivity (Wildman–Crippen MR) is 82.2 cm³/mol. The van der Waals surface area contributed by atoms with Crippen LogP contribution < -0.4 is 0 Å². The summed E-state index contributed by atoms with van der Waals surface area (Å²) in [5, 5.41) is 0. The molecule has 3 rings (SSSR count). The Morgan fingerprint density at radius 1 is 1.12 bits per heavy atom. The summed E-state index contributed by atoms with van der Waals surface area (Å²) in [5.74, 6) is -1.48. The average Bonchev–Trinajstić information content (AvgIpc) is 3.09. The van der Waals surface area contributed by atoms with Crippen LogP contribution in [0.25, 0.3) is 0 Å². The van der Waals surface area contributed by atoms with Gasteiger partial charge in [0.05, 0.1) is 6.61 Å². The highest BCUT2D eigenvalue weighted by molar-refractivity contribution is 5.67. The molecule has 0 bridgehead atoms. The van der Waals surface area contributed by atoms with Crippen molar-refractivity contribution in [3.8, 4) is 0 Å². The molecule has 138 valence electrons. The van der Waals surface area contributed by atoms with Crippen molar-refractivity contribution >= 4 is 6.09 Å². The maximum atomic E-state index is 12.2. The summed E-state index contributed by atoms with van der Waals surface area (Å²) in [6, 6.07) is 0. The number of nitrogens with zero attached hydrogens (tertiary/aromatic N) is 1. The quantitative estimate of drug-likeness (QED) is 0.767. The molecule has 3 fully saturated rings. The van der Waals surface area contributed by atoms with Crippen molar-refractivity contribution in [1.82, 2.24) is 4.90 Å². The number of rotatable bonds is 3.